The normalized spacial score (nSPS) is 11.5. The van der Waals surface area contributed by atoms with Crippen molar-refractivity contribution in [3.05, 3.63) is 87.7 Å². The van der Waals surface area contributed by atoms with E-state index in [1.807, 2.05) is 0 Å². The molecule has 0 aliphatic rings. The third-order valence-electron chi connectivity index (χ3n) is 5.22. The Hall–Kier alpha value is -4.15. The number of carbonyl (C=O) groups excluding carboxylic acids is 1. The van der Waals surface area contributed by atoms with Crippen LogP contribution in [0, 0.1) is 6.92 Å². The largest absolute Gasteiger partial charge is 0.416 e. The van der Waals surface area contributed by atoms with Crippen molar-refractivity contribution in [2.24, 2.45) is 7.05 Å². The predicted molar refractivity (Wildman–Crippen MR) is 114 cm³/mol. The molecule has 0 unspecified atom stereocenters. The second kappa shape index (κ2) is 8.41. The lowest BCUT2D eigenvalue weighted by molar-refractivity contribution is -0.137. The number of aromatic amines is 1. The molecule has 0 saturated carbocycles. The molecule has 0 fully saturated rings. The number of amides is 1. The van der Waals surface area contributed by atoms with Crippen molar-refractivity contribution in [3.63, 3.8) is 0 Å². The second-order valence-corrected chi connectivity index (χ2v) is 7.35. The maximum atomic E-state index is 13.3. The van der Waals surface area contributed by atoms with Crippen LogP contribution >= 0.6 is 0 Å². The van der Waals surface area contributed by atoms with Gasteiger partial charge in [0.2, 0.25) is 0 Å². The maximum absolute atomic E-state index is 13.3. The lowest BCUT2D eigenvalue weighted by Gasteiger charge is -2.18. The van der Waals surface area contributed by atoms with Gasteiger partial charge in [0.25, 0.3) is 11.5 Å². The highest BCUT2D eigenvalue weighted by molar-refractivity contribution is 5.95. The molecule has 0 saturated heterocycles. The third kappa shape index (κ3) is 4.29. The number of benzene rings is 1. The Bertz CT molecular complexity index is 1370. The van der Waals surface area contributed by atoms with Gasteiger partial charge >= 0.3 is 6.18 Å². The van der Waals surface area contributed by atoms with Crippen LogP contribution in [0.5, 0.6) is 0 Å². The fraction of sp³-hybridized carbons (Fsp3) is 0.182. The van der Waals surface area contributed by atoms with Crippen molar-refractivity contribution in [2.75, 3.05) is 0 Å². The minimum atomic E-state index is -4.59. The van der Waals surface area contributed by atoms with Crippen LogP contribution in [-0.2, 0) is 19.8 Å². The van der Waals surface area contributed by atoms with Gasteiger partial charge in [0.15, 0.2) is 0 Å². The van der Waals surface area contributed by atoms with E-state index in [4.69, 9.17) is 0 Å². The van der Waals surface area contributed by atoms with Crippen molar-refractivity contribution in [1.29, 1.82) is 0 Å². The maximum Gasteiger partial charge on any atom is 0.416 e. The molecule has 0 atom stereocenters. The Morgan fingerprint density at radius 2 is 1.94 bits per heavy atom. The van der Waals surface area contributed by atoms with Crippen LogP contribution in [0.25, 0.3) is 16.9 Å². The first-order valence-corrected chi connectivity index (χ1v) is 9.86. The van der Waals surface area contributed by atoms with Gasteiger partial charge in [-0.3, -0.25) is 23.9 Å². The van der Waals surface area contributed by atoms with Crippen LogP contribution in [0.15, 0.2) is 59.7 Å². The summed E-state index contributed by atoms with van der Waals surface area (Å²) in [5.74, 6) is -0.668. The summed E-state index contributed by atoms with van der Waals surface area (Å²) in [5.41, 5.74) is 0.220. The zero-order valence-electron chi connectivity index (χ0n) is 17.6. The van der Waals surface area contributed by atoms with E-state index in [1.165, 1.54) is 24.4 Å². The minimum Gasteiger partial charge on any atom is -0.346 e. The number of aromatic nitrogens is 5. The summed E-state index contributed by atoms with van der Waals surface area (Å²) in [7, 11) is 1.69. The summed E-state index contributed by atoms with van der Waals surface area (Å²) >= 11 is 0. The Morgan fingerprint density at radius 3 is 2.58 bits per heavy atom. The first-order valence-electron chi connectivity index (χ1n) is 9.86. The zero-order chi connectivity index (χ0) is 23.8. The number of carbonyl (C=O) groups is 1. The fourth-order valence-electron chi connectivity index (χ4n) is 3.55. The fourth-order valence-corrected chi connectivity index (χ4v) is 3.55. The van der Waals surface area contributed by atoms with Crippen LogP contribution in [0.4, 0.5) is 13.2 Å². The molecule has 1 aromatic carbocycles. The number of halogens is 3. The molecule has 0 aliphatic carbocycles. The number of nitrogens with one attached hydrogen (secondary N) is 2. The van der Waals surface area contributed by atoms with Crippen molar-refractivity contribution < 1.29 is 18.0 Å². The van der Waals surface area contributed by atoms with Gasteiger partial charge in [-0.2, -0.15) is 23.4 Å². The van der Waals surface area contributed by atoms with Gasteiger partial charge in [-0.15, -0.1) is 0 Å². The highest BCUT2D eigenvalue weighted by Crippen LogP contribution is 2.31. The first kappa shape index (κ1) is 22.1. The molecule has 3 heterocycles. The van der Waals surface area contributed by atoms with Gasteiger partial charge in [-0.1, -0.05) is 6.07 Å². The molecular formula is C22H19F3N6O2. The van der Waals surface area contributed by atoms with E-state index < -0.39 is 23.2 Å². The summed E-state index contributed by atoms with van der Waals surface area (Å²) in [6.07, 6.45) is -1.52. The number of nitrogens with zero attached hydrogens (tertiary/aromatic N) is 4. The van der Waals surface area contributed by atoms with Crippen molar-refractivity contribution in [2.45, 2.75) is 19.6 Å². The lowest BCUT2D eigenvalue weighted by atomic mass is 10.1. The molecule has 4 rings (SSSR count). The van der Waals surface area contributed by atoms with Crippen LogP contribution < -0.4 is 10.9 Å². The standard InChI is InChI=1S/C22H19F3N6O2/c1-13-17(19-7-9-28-30(19)2)11-18(20(32)26-12-15-6-8-27-29-15)21(33)31(13)16-5-3-4-14(10-16)22(23,24)25/h3-11H,12H2,1-2H3,(H,26,32)(H,27,29). The quantitative estimate of drug-likeness (QED) is 0.482. The predicted octanol–water partition coefficient (Wildman–Crippen LogP) is 3.22. The van der Waals surface area contributed by atoms with Crippen molar-refractivity contribution >= 4 is 5.91 Å². The number of hydrogen-bond acceptors (Lipinski definition) is 4. The van der Waals surface area contributed by atoms with Gasteiger partial charge in [0, 0.05) is 36.4 Å². The highest BCUT2D eigenvalue weighted by Gasteiger charge is 2.31. The summed E-state index contributed by atoms with van der Waals surface area (Å²) < 4.78 is 42.6. The molecule has 2 N–H and O–H groups in total. The minimum absolute atomic E-state index is 0.000962. The summed E-state index contributed by atoms with van der Waals surface area (Å²) in [6.45, 7) is 1.70. The summed E-state index contributed by atoms with van der Waals surface area (Å²) in [5, 5.41) is 13.3. The van der Waals surface area contributed by atoms with E-state index in [2.05, 4.69) is 20.6 Å². The van der Waals surface area contributed by atoms with Crippen molar-refractivity contribution in [3.8, 4) is 16.9 Å². The van der Waals surface area contributed by atoms with E-state index in [-0.39, 0.29) is 17.8 Å². The Balaban J connectivity index is 1.89. The lowest BCUT2D eigenvalue weighted by Crippen LogP contribution is -2.33. The molecule has 1 amide bonds. The highest BCUT2D eigenvalue weighted by atomic mass is 19.4. The van der Waals surface area contributed by atoms with Crippen LogP contribution in [-0.4, -0.2) is 30.5 Å². The molecule has 33 heavy (non-hydrogen) atoms. The SMILES string of the molecule is Cc1c(-c2ccnn2C)cc(C(=O)NCc2ccn[nH]2)c(=O)n1-c1cccc(C(F)(F)F)c1. The van der Waals surface area contributed by atoms with Gasteiger partial charge in [0.1, 0.15) is 5.56 Å². The van der Waals surface area contributed by atoms with Crippen LogP contribution in [0.2, 0.25) is 0 Å². The first-order chi connectivity index (χ1) is 15.7. The van der Waals surface area contributed by atoms with E-state index in [0.29, 0.717) is 22.6 Å². The molecule has 11 heteroatoms. The molecule has 0 aliphatic heterocycles. The van der Waals surface area contributed by atoms with Crippen molar-refractivity contribution in [1.82, 2.24) is 29.9 Å². The third-order valence-corrected chi connectivity index (χ3v) is 5.22. The molecule has 3 aromatic heterocycles. The molecule has 0 spiro atoms. The number of hydrogen-bond donors (Lipinski definition) is 2. The number of H-pyrrole nitrogens is 1. The van der Waals surface area contributed by atoms with E-state index in [1.54, 1.807) is 37.0 Å². The van der Waals surface area contributed by atoms with E-state index >= 15 is 0 Å². The summed E-state index contributed by atoms with van der Waals surface area (Å²) in [6, 6.07) is 9.20. The number of alkyl halides is 3. The molecule has 0 bridgehead atoms. The Kier molecular flexibility index (Phi) is 5.62. The molecule has 4 aromatic rings. The van der Waals surface area contributed by atoms with E-state index in [0.717, 1.165) is 16.7 Å². The molecular weight excluding hydrogens is 437 g/mol. The van der Waals surface area contributed by atoms with Gasteiger partial charge in [-0.25, -0.2) is 0 Å². The monoisotopic (exact) mass is 456 g/mol. The molecule has 8 nitrogen and oxygen atoms in total. The van der Waals surface area contributed by atoms with Crippen LogP contribution in [0.3, 0.4) is 0 Å². The van der Waals surface area contributed by atoms with Gasteiger partial charge in [0.05, 0.1) is 23.5 Å². The number of aryl methyl sites for hydroxylation is 1. The molecule has 0 radical (unpaired) electrons. The van der Waals surface area contributed by atoms with Gasteiger partial charge < -0.3 is 5.32 Å². The second-order valence-electron chi connectivity index (χ2n) is 7.35. The number of pyridine rings is 1. The Labute approximate surface area is 185 Å². The Morgan fingerprint density at radius 1 is 1.15 bits per heavy atom. The average molecular weight is 456 g/mol. The topological polar surface area (TPSA) is 97.6 Å². The summed E-state index contributed by atoms with van der Waals surface area (Å²) in [4.78, 5) is 26.3. The van der Waals surface area contributed by atoms with Gasteiger partial charge in [-0.05, 0) is 43.3 Å². The van der Waals surface area contributed by atoms with E-state index in [9.17, 15) is 22.8 Å². The smallest absolute Gasteiger partial charge is 0.346 e. The molecule has 170 valence electrons. The number of rotatable bonds is 5. The zero-order valence-corrected chi connectivity index (χ0v) is 17.6. The van der Waals surface area contributed by atoms with Crippen LogP contribution in [0.1, 0.15) is 27.3 Å². The average Bonchev–Trinajstić information content (AvgIpc) is 3.44.